The fourth-order valence-corrected chi connectivity index (χ4v) is 2.27. The quantitative estimate of drug-likeness (QED) is 0.775. The number of nitrogens with one attached hydrogen (secondary N) is 1. The Morgan fingerprint density at radius 3 is 2.67 bits per heavy atom. The fourth-order valence-electron chi connectivity index (χ4n) is 2.10. The van der Waals surface area contributed by atoms with E-state index in [1.165, 1.54) is 25.7 Å². The predicted molar refractivity (Wildman–Crippen MR) is 64.3 cm³/mol. The lowest BCUT2D eigenvalue weighted by Crippen LogP contribution is -2.25. The number of hydrogen-bond donors (Lipinski definition) is 1. The molecule has 0 amide bonds. The molecule has 2 rings (SSSR count). The zero-order valence-corrected chi connectivity index (χ0v) is 9.80. The largest absolute Gasteiger partial charge is 0.367 e. The molecule has 0 aromatic carbocycles. The molecule has 0 aliphatic heterocycles. The van der Waals surface area contributed by atoms with Crippen molar-refractivity contribution in [2.75, 3.05) is 5.32 Å². The highest BCUT2D eigenvalue weighted by atomic mass is 35.5. The summed E-state index contributed by atoms with van der Waals surface area (Å²) in [4.78, 5) is 4.24. The van der Waals surface area contributed by atoms with E-state index >= 15 is 0 Å². The van der Waals surface area contributed by atoms with Crippen LogP contribution in [0, 0.1) is 5.92 Å². The second-order valence-corrected chi connectivity index (χ2v) is 4.83. The minimum Gasteiger partial charge on any atom is -0.367 e. The van der Waals surface area contributed by atoms with Crippen LogP contribution in [0.2, 0.25) is 5.15 Å². The molecule has 1 heterocycles. The lowest BCUT2D eigenvalue weighted by Gasteiger charge is -2.27. The Balaban J connectivity index is 1.92. The molecule has 0 spiro atoms. The first-order valence-electron chi connectivity index (χ1n) is 5.63. The number of rotatable bonds is 2. The Morgan fingerprint density at radius 1 is 1.27 bits per heavy atom. The van der Waals surface area contributed by atoms with E-state index in [1.807, 2.05) is 12.1 Å². The molecule has 1 aliphatic rings. The lowest BCUT2D eigenvalue weighted by atomic mass is 9.87. The van der Waals surface area contributed by atoms with Crippen LogP contribution in [0.15, 0.2) is 18.2 Å². The standard InChI is InChI=1S/C12H17ClN2/c1-9-5-7-10(8-6-9)14-12-4-2-3-11(13)15-12/h2-4,9-10H,5-8H2,1H3,(H,14,15). The Morgan fingerprint density at radius 2 is 2.00 bits per heavy atom. The van der Waals surface area contributed by atoms with Crippen LogP contribution in [0.3, 0.4) is 0 Å². The summed E-state index contributed by atoms with van der Waals surface area (Å²) in [5.41, 5.74) is 0. The molecule has 1 aromatic heterocycles. The van der Waals surface area contributed by atoms with Gasteiger partial charge in [-0.3, -0.25) is 0 Å². The van der Waals surface area contributed by atoms with Gasteiger partial charge in [-0.15, -0.1) is 0 Å². The van der Waals surface area contributed by atoms with Crippen molar-refractivity contribution in [2.24, 2.45) is 5.92 Å². The summed E-state index contributed by atoms with van der Waals surface area (Å²) in [5, 5.41) is 4.01. The molecule has 1 saturated carbocycles. The lowest BCUT2D eigenvalue weighted by molar-refractivity contribution is 0.361. The van der Waals surface area contributed by atoms with Crippen LogP contribution >= 0.6 is 11.6 Å². The van der Waals surface area contributed by atoms with Gasteiger partial charge in [0, 0.05) is 6.04 Å². The fraction of sp³-hybridized carbons (Fsp3) is 0.583. The molecule has 0 radical (unpaired) electrons. The molecule has 2 nitrogen and oxygen atoms in total. The summed E-state index contributed by atoms with van der Waals surface area (Å²) < 4.78 is 0. The monoisotopic (exact) mass is 224 g/mol. The summed E-state index contributed by atoms with van der Waals surface area (Å²) in [5.74, 6) is 1.79. The maximum Gasteiger partial charge on any atom is 0.131 e. The molecule has 0 bridgehead atoms. The van der Waals surface area contributed by atoms with E-state index in [4.69, 9.17) is 11.6 Å². The predicted octanol–water partition coefficient (Wildman–Crippen LogP) is 3.73. The van der Waals surface area contributed by atoms with Gasteiger partial charge < -0.3 is 5.32 Å². The number of anilines is 1. The average Bonchev–Trinajstić information content (AvgIpc) is 2.22. The first kappa shape index (κ1) is 10.7. The zero-order valence-electron chi connectivity index (χ0n) is 9.04. The van der Waals surface area contributed by atoms with Crippen molar-refractivity contribution in [1.82, 2.24) is 4.98 Å². The van der Waals surface area contributed by atoms with E-state index in [9.17, 15) is 0 Å². The second kappa shape index (κ2) is 4.84. The third-order valence-corrected chi connectivity index (χ3v) is 3.29. The molecule has 0 unspecified atom stereocenters. The SMILES string of the molecule is CC1CCC(Nc2cccc(Cl)n2)CC1. The maximum atomic E-state index is 5.83. The van der Waals surface area contributed by atoms with E-state index in [0.717, 1.165) is 11.7 Å². The van der Waals surface area contributed by atoms with Crippen LogP contribution in [0.1, 0.15) is 32.6 Å². The normalized spacial score (nSPS) is 26.3. The van der Waals surface area contributed by atoms with Crippen molar-refractivity contribution in [3.8, 4) is 0 Å². The molecule has 1 aliphatic carbocycles. The summed E-state index contributed by atoms with van der Waals surface area (Å²) in [6.07, 6.45) is 5.13. The van der Waals surface area contributed by atoms with Gasteiger partial charge in [-0.05, 0) is 43.7 Å². The van der Waals surface area contributed by atoms with Crippen molar-refractivity contribution < 1.29 is 0 Å². The molecule has 1 N–H and O–H groups in total. The van der Waals surface area contributed by atoms with Crippen molar-refractivity contribution >= 4 is 17.4 Å². The molecular formula is C12H17ClN2. The van der Waals surface area contributed by atoms with Gasteiger partial charge in [0.2, 0.25) is 0 Å². The van der Waals surface area contributed by atoms with Crippen molar-refractivity contribution in [2.45, 2.75) is 38.6 Å². The number of hydrogen-bond acceptors (Lipinski definition) is 2. The summed E-state index contributed by atoms with van der Waals surface area (Å²) in [6.45, 7) is 2.33. The first-order valence-corrected chi connectivity index (χ1v) is 6.01. The highest BCUT2D eigenvalue weighted by molar-refractivity contribution is 6.29. The second-order valence-electron chi connectivity index (χ2n) is 4.45. The Kier molecular flexibility index (Phi) is 3.47. The number of aromatic nitrogens is 1. The minimum atomic E-state index is 0.559. The third kappa shape index (κ3) is 3.10. The molecule has 0 saturated heterocycles. The van der Waals surface area contributed by atoms with Crippen molar-refractivity contribution in [3.63, 3.8) is 0 Å². The van der Waals surface area contributed by atoms with Gasteiger partial charge in [0.1, 0.15) is 11.0 Å². The van der Waals surface area contributed by atoms with Crippen LogP contribution in [0.4, 0.5) is 5.82 Å². The van der Waals surface area contributed by atoms with E-state index in [0.29, 0.717) is 11.2 Å². The highest BCUT2D eigenvalue weighted by Crippen LogP contribution is 2.25. The van der Waals surface area contributed by atoms with E-state index in [1.54, 1.807) is 6.07 Å². The van der Waals surface area contributed by atoms with E-state index < -0.39 is 0 Å². The van der Waals surface area contributed by atoms with Gasteiger partial charge >= 0.3 is 0 Å². The number of nitrogens with zero attached hydrogens (tertiary/aromatic N) is 1. The van der Waals surface area contributed by atoms with E-state index in [2.05, 4.69) is 17.2 Å². The molecule has 1 fully saturated rings. The highest BCUT2D eigenvalue weighted by Gasteiger charge is 2.17. The van der Waals surface area contributed by atoms with Crippen molar-refractivity contribution in [3.05, 3.63) is 23.4 Å². The van der Waals surface area contributed by atoms with Crippen LogP contribution in [0.5, 0.6) is 0 Å². The van der Waals surface area contributed by atoms with Gasteiger partial charge in [-0.25, -0.2) is 4.98 Å². The molecule has 0 atom stereocenters. The Labute approximate surface area is 96.1 Å². The van der Waals surface area contributed by atoms with Crippen molar-refractivity contribution in [1.29, 1.82) is 0 Å². The Bertz CT molecular complexity index is 319. The van der Waals surface area contributed by atoms with Gasteiger partial charge in [0.05, 0.1) is 0 Å². The zero-order chi connectivity index (χ0) is 10.7. The average molecular weight is 225 g/mol. The van der Waals surface area contributed by atoms with Crippen LogP contribution in [-0.4, -0.2) is 11.0 Å². The first-order chi connectivity index (χ1) is 7.24. The van der Waals surface area contributed by atoms with E-state index in [-0.39, 0.29) is 0 Å². The smallest absolute Gasteiger partial charge is 0.131 e. The maximum absolute atomic E-state index is 5.83. The Hall–Kier alpha value is -0.760. The molecular weight excluding hydrogens is 208 g/mol. The summed E-state index contributed by atoms with van der Waals surface area (Å²) in [6, 6.07) is 6.29. The summed E-state index contributed by atoms with van der Waals surface area (Å²) >= 11 is 5.83. The molecule has 15 heavy (non-hydrogen) atoms. The number of halogens is 1. The summed E-state index contributed by atoms with van der Waals surface area (Å²) in [7, 11) is 0. The topological polar surface area (TPSA) is 24.9 Å². The van der Waals surface area contributed by atoms with Crippen LogP contribution < -0.4 is 5.32 Å². The van der Waals surface area contributed by atoms with Crippen LogP contribution in [-0.2, 0) is 0 Å². The minimum absolute atomic E-state index is 0.559. The molecule has 1 aromatic rings. The van der Waals surface area contributed by atoms with Crippen LogP contribution in [0.25, 0.3) is 0 Å². The van der Waals surface area contributed by atoms with Gasteiger partial charge in [0.15, 0.2) is 0 Å². The van der Waals surface area contributed by atoms with Gasteiger partial charge in [-0.2, -0.15) is 0 Å². The molecule has 82 valence electrons. The number of pyridine rings is 1. The van der Waals surface area contributed by atoms with Gasteiger partial charge in [0.25, 0.3) is 0 Å². The third-order valence-electron chi connectivity index (χ3n) is 3.08. The van der Waals surface area contributed by atoms with Gasteiger partial charge in [-0.1, -0.05) is 24.6 Å². The molecule has 3 heteroatoms.